The minimum Gasteiger partial charge on any atom is -0.478 e. The molecule has 0 aliphatic carbocycles. The van der Waals surface area contributed by atoms with Gasteiger partial charge in [0.2, 0.25) is 0 Å². The van der Waals surface area contributed by atoms with Crippen molar-refractivity contribution in [1.29, 1.82) is 0 Å². The molecule has 0 bridgehead atoms. The first kappa shape index (κ1) is 16.0. The molecular formula is C14H19N2O4. The third-order valence-corrected chi connectivity index (χ3v) is 2.91. The Kier molecular flexibility index (Phi) is 5.99. The zero-order valence-corrected chi connectivity index (χ0v) is 11.4. The van der Waals surface area contributed by atoms with Gasteiger partial charge in [-0.3, -0.25) is 5.32 Å². The summed E-state index contributed by atoms with van der Waals surface area (Å²) in [5.41, 5.74) is 5.66. The lowest BCUT2D eigenvalue weighted by Gasteiger charge is -2.14. The summed E-state index contributed by atoms with van der Waals surface area (Å²) in [7, 11) is 0. The van der Waals surface area contributed by atoms with Crippen LogP contribution in [0.1, 0.15) is 46.9 Å². The average Bonchev–Trinajstić information content (AvgIpc) is 2.38. The molecule has 0 fully saturated rings. The van der Waals surface area contributed by atoms with Gasteiger partial charge < -0.3 is 15.9 Å². The van der Waals surface area contributed by atoms with Crippen molar-refractivity contribution in [3.05, 3.63) is 29.3 Å². The molecule has 0 aliphatic heterocycles. The molecule has 0 saturated heterocycles. The van der Waals surface area contributed by atoms with Gasteiger partial charge in [0.25, 0.3) is 0 Å². The van der Waals surface area contributed by atoms with Crippen LogP contribution in [0.15, 0.2) is 18.2 Å². The van der Waals surface area contributed by atoms with Crippen LogP contribution in [0, 0.1) is 0 Å². The van der Waals surface area contributed by atoms with Crippen LogP contribution in [0.3, 0.4) is 0 Å². The number of benzene rings is 1. The maximum Gasteiger partial charge on any atom is 0.337 e. The highest BCUT2D eigenvalue weighted by Crippen LogP contribution is 2.20. The summed E-state index contributed by atoms with van der Waals surface area (Å²) in [5.74, 6) is -2.22. The van der Waals surface area contributed by atoms with Gasteiger partial charge in [-0.1, -0.05) is 6.42 Å². The Morgan fingerprint density at radius 1 is 1.25 bits per heavy atom. The van der Waals surface area contributed by atoms with Crippen molar-refractivity contribution in [3.8, 4) is 0 Å². The Hall–Kier alpha value is -2.08. The first-order chi connectivity index (χ1) is 9.45. The van der Waals surface area contributed by atoms with Crippen molar-refractivity contribution in [3.63, 3.8) is 0 Å². The number of nitrogens with zero attached hydrogens (tertiary/aromatic N) is 1. The van der Waals surface area contributed by atoms with E-state index < -0.39 is 11.9 Å². The summed E-state index contributed by atoms with van der Waals surface area (Å²) in [5, 5.41) is 22.4. The molecule has 1 aromatic rings. The summed E-state index contributed by atoms with van der Waals surface area (Å²) in [6, 6.07) is 3.76. The monoisotopic (exact) mass is 279 g/mol. The maximum atomic E-state index is 11.1. The van der Waals surface area contributed by atoms with Crippen LogP contribution < -0.4 is 11.1 Å². The van der Waals surface area contributed by atoms with Crippen LogP contribution in [-0.2, 0) is 0 Å². The van der Waals surface area contributed by atoms with E-state index in [2.05, 4.69) is 5.32 Å². The lowest BCUT2D eigenvalue weighted by atomic mass is 10.1. The molecule has 109 valence electrons. The lowest BCUT2D eigenvalue weighted by Crippen LogP contribution is -2.17. The normalized spacial score (nSPS) is 11.9. The number of rotatable bonds is 8. The molecule has 6 heteroatoms. The fourth-order valence-corrected chi connectivity index (χ4v) is 1.84. The predicted molar refractivity (Wildman–Crippen MR) is 74.5 cm³/mol. The van der Waals surface area contributed by atoms with E-state index in [9.17, 15) is 9.59 Å². The SMILES string of the molecule is C[C@H](CCCCN)[N]c1cc(C(=O)O)ccc1C(=O)O. The van der Waals surface area contributed by atoms with Crippen molar-refractivity contribution in [1.82, 2.24) is 5.32 Å². The minimum absolute atomic E-state index is 0.0145. The Morgan fingerprint density at radius 3 is 2.50 bits per heavy atom. The molecule has 0 saturated carbocycles. The largest absolute Gasteiger partial charge is 0.478 e. The molecule has 0 unspecified atom stereocenters. The van der Waals surface area contributed by atoms with E-state index >= 15 is 0 Å². The van der Waals surface area contributed by atoms with Crippen LogP contribution in [-0.4, -0.2) is 34.7 Å². The van der Waals surface area contributed by atoms with Gasteiger partial charge in [0, 0.05) is 6.04 Å². The molecule has 0 spiro atoms. The molecule has 6 nitrogen and oxygen atoms in total. The Bertz CT molecular complexity index is 488. The number of carbonyl (C=O) groups is 2. The number of nitrogens with two attached hydrogens (primary N) is 1. The third kappa shape index (κ3) is 4.55. The van der Waals surface area contributed by atoms with Crippen molar-refractivity contribution in [2.24, 2.45) is 5.73 Å². The minimum atomic E-state index is -1.12. The number of aromatic carboxylic acids is 2. The Labute approximate surface area is 117 Å². The third-order valence-electron chi connectivity index (χ3n) is 2.91. The van der Waals surface area contributed by atoms with Gasteiger partial charge in [0.15, 0.2) is 0 Å². The number of hydrogen-bond donors (Lipinski definition) is 3. The molecule has 0 heterocycles. The number of carboxylic acids is 2. The highest BCUT2D eigenvalue weighted by Gasteiger charge is 2.16. The number of carboxylic acid groups (broad SMARTS) is 2. The van der Waals surface area contributed by atoms with Crippen molar-refractivity contribution < 1.29 is 19.8 Å². The van der Waals surface area contributed by atoms with Crippen molar-refractivity contribution in [2.45, 2.75) is 32.2 Å². The zero-order chi connectivity index (χ0) is 15.1. The average molecular weight is 279 g/mol. The number of hydrogen-bond acceptors (Lipinski definition) is 3. The van der Waals surface area contributed by atoms with Gasteiger partial charge in [-0.2, -0.15) is 0 Å². The van der Waals surface area contributed by atoms with E-state index in [4.69, 9.17) is 15.9 Å². The molecule has 4 N–H and O–H groups in total. The van der Waals surface area contributed by atoms with E-state index in [1.54, 1.807) is 0 Å². The first-order valence-corrected chi connectivity index (χ1v) is 6.47. The summed E-state index contributed by atoms with van der Waals surface area (Å²) < 4.78 is 0. The molecule has 0 aromatic heterocycles. The predicted octanol–water partition coefficient (Wildman–Crippen LogP) is 1.84. The van der Waals surface area contributed by atoms with Gasteiger partial charge in [-0.15, -0.1) is 0 Å². The Morgan fingerprint density at radius 2 is 1.95 bits per heavy atom. The molecule has 1 aromatic carbocycles. The molecule has 1 atom stereocenters. The fourth-order valence-electron chi connectivity index (χ4n) is 1.84. The van der Waals surface area contributed by atoms with Gasteiger partial charge in [0.1, 0.15) is 0 Å². The quantitative estimate of drug-likeness (QED) is 0.628. The topological polar surface area (TPSA) is 115 Å². The van der Waals surface area contributed by atoms with E-state index in [0.29, 0.717) is 6.54 Å². The van der Waals surface area contributed by atoms with Crippen LogP contribution in [0.5, 0.6) is 0 Å². The van der Waals surface area contributed by atoms with Gasteiger partial charge in [-0.25, -0.2) is 9.59 Å². The second kappa shape index (κ2) is 7.49. The van der Waals surface area contributed by atoms with E-state index in [0.717, 1.165) is 19.3 Å². The zero-order valence-electron chi connectivity index (χ0n) is 11.4. The van der Waals surface area contributed by atoms with Gasteiger partial charge in [-0.05, 0) is 44.5 Å². The standard InChI is InChI=1S/C14H19N2O4/c1-9(4-2-3-7-15)16-12-8-10(13(17)18)5-6-11(12)14(19)20/h5-6,8-9H,2-4,7,15H2,1H3,(H,17,18)(H,19,20)/t9-/m1/s1. The summed E-state index contributed by atoms with van der Waals surface area (Å²) in [4.78, 5) is 22.0. The van der Waals surface area contributed by atoms with E-state index in [-0.39, 0.29) is 22.9 Å². The fraction of sp³-hybridized carbons (Fsp3) is 0.429. The van der Waals surface area contributed by atoms with Crippen LogP contribution >= 0.6 is 0 Å². The van der Waals surface area contributed by atoms with Crippen LogP contribution in [0.2, 0.25) is 0 Å². The van der Waals surface area contributed by atoms with Crippen molar-refractivity contribution in [2.75, 3.05) is 6.54 Å². The molecular weight excluding hydrogens is 260 g/mol. The molecule has 0 aliphatic rings. The lowest BCUT2D eigenvalue weighted by molar-refractivity contribution is 0.0681. The molecule has 1 radical (unpaired) electrons. The van der Waals surface area contributed by atoms with Crippen LogP contribution in [0.4, 0.5) is 5.69 Å². The highest BCUT2D eigenvalue weighted by molar-refractivity contribution is 5.96. The van der Waals surface area contributed by atoms with Gasteiger partial charge in [0.05, 0.1) is 16.8 Å². The first-order valence-electron chi connectivity index (χ1n) is 6.47. The number of unbranched alkanes of at least 4 members (excludes halogenated alkanes) is 1. The van der Waals surface area contributed by atoms with E-state index in [1.165, 1.54) is 18.2 Å². The van der Waals surface area contributed by atoms with Crippen LogP contribution in [0.25, 0.3) is 0 Å². The highest BCUT2D eigenvalue weighted by atomic mass is 16.4. The summed E-state index contributed by atoms with van der Waals surface area (Å²) in [6.45, 7) is 2.48. The van der Waals surface area contributed by atoms with Crippen molar-refractivity contribution >= 4 is 17.6 Å². The molecule has 1 rings (SSSR count). The second-order valence-electron chi connectivity index (χ2n) is 4.60. The smallest absolute Gasteiger partial charge is 0.337 e. The molecule has 0 amide bonds. The summed E-state index contributed by atoms with van der Waals surface area (Å²) in [6.07, 6.45) is 2.58. The second-order valence-corrected chi connectivity index (χ2v) is 4.60. The van der Waals surface area contributed by atoms with Gasteiger partial charge >= 0.3 is 11.9 Å². The maximum absolute atomic E-state index is 11.1. The Balaban J connectivity index is 2.87. The molecule has 20 heavy (non-hydrogen) atoms. The summed E-state index contributed by atoms with van der Waals surface area (Å²) >= 11 is 0. The van der Waals surface area contributed by atoms with E-state index in [1.807, 2.05) is 6.92 Å².